The van der Waals surface area contributed by atoms with Gasteiger partial charge in [-0.3, -0.25) is 9.59 Å². The first-order valence-corrected chi connectivity index (χ1v) is 9.90. The van der Waals surface area contributed by atoms with Gasteiger partial charge < -0.3 is 10.3 Å². The number of rotatable bonds is 4. The molecule has 1 aromatic heterocycles. The van der Waals surface area contributed by atoms with E-state index in [0.717, 1.165) is 12.8 Å². The molecule has 2 aromatic rings. The second-order valence-electron chi connectivity index (χ2n) is 6.53. The van der Waals surface area contributed by atoms with Crippen molar-refractivity contribution in [3.8, 4) is 0 Å². The van der Waals surface area contributed by atoms with Gasteiger partial charge in [-0.25, -0.2) is 8.42 Å². The molecule has 1 fully saturated rings. The molecular weight excluding hydrogens is 354 g/mol. The monoisotopic (exact) mass is 375 g/mol. The van der Waals surface area contributed by atoms with E-state index in [2.05, 4.69) is 17.2 Å². The Hall–Kier alpha value is -2.45. The van der Waals surface area contributed by atoms with Crippen LogP contribution in [0.1, 0.15) is 30.1 Å². The largest absolute Gasteiger partial charge is 0.328 e. The third kappa shape index (κ3) is 4.03. The number of amides is 1. The van der Waals surface area contributed by atoms with E-state index in [9.17, 15) is 18.0 Å². The van der Waals surface area contributed by atoms with Crippen LogP contribution in [0.3, 0.4) is 0 Å². The van der Waals surface area contributed by atoms with E-state index in [4.69, 9.17) is 0 Å². The summed E-state index contributed by atoms with van der Waals surface area (Å²) in [7, 11) is -3.52. The van der Waals surface area contributed by atoms with Gasteiger partial charge in [-0.15, -0.1) is 0 Å². The number of carbonyl (C=O) groups excluding carboxylic acids is 1. The van der Waals surface area contributed by atoms with Gasteiger partial charge in [-0.1, -0.05) is 6.92 Å². The van der Waals surface area contributed by atoms with Crippen molar-refractivity contribution in [1.82, 2.24) is 9.29 Å². The van der Waals surface area contributed by atoms with Crippen LogP contribution >= 0.6 is 0 Å². The van der Waals surface area contributed by atoms with Crippen LogP contribution in [0.2, 0.25) is 0 Å². The van der Waals surface area contributed by atoms with Gasteiger partial charge in [0.15, 0.2) is 0 Å². The highest BCUT2D eigenvalue weighted by Gasteiger charge is 2.28. The number of sulfonamides is 1. The molecule has 1 aliphatic heterocycles. The van der Waals surface area contributed by atoms with Crippen molar-refractivity contribution >= 4 is 21.6 Å². The summed E-state index contributed by atoms with van der Waals surface area (Å²) in [5, 5.41) is 2.67. The van der Waals surface area contributed by atoms with E-state index in [1.807, 2.05) is 0 Å². The van der Waals surface area contributed by atoms with Crippen LogP contribution in [-0.4, -0.2) is 36.7 Å². The lowest BCUT2D eigenvalue weighted by atomic mass is 10.0. The van der Waals surface area contributed by atoms with E-state index in [1.165, 1.54) is 34.8 Å². The molecule has 1 amide bonds. The summed E-state index contributed by atoms with van der Waals surface area (Å²) >= 11 is 0. The third-order valence-corrected chi connectivity index (χ3v) is 6.30. The summed E-state index contributed by atoms with van der Waals surface area (Å²) in [6.07, 6.45) is 3.24. The third-order valence-electron chi connectivity index (χ3n) is 4.42. The summed E-state index contributed by atoms with van der Waals surface area (Å²) < 4.78 is 27.0. The number of hydrogen-bond acceptors (Lipinski definition) is 4. The minimum atomic E-state index is -3.52. The number of aromatic amines is 1. The Morgan fingerprint density at radius 3 is 2.54 bits per heavy atom. The van der Waals surface area contributed by atoms with E-state index in [-0.39, 0.29) is 16.4 Å². The number of hydrogen-bond donors (Lipinski definition) is 2. The van der Waals surface area contributed by atoms with Crippen molar-refractivity contribution in [2.45, 2.75) is 24.7 Å². The van der Waals surface area contributed by atoms with Crippen molar-refractivity contribution in [3.63, 3.8) is 0 Å². The average Bonchev–Trinajstić information content (AvgIpc) is 2.62. The zero-order chi connectivity index (χ0) is 18.7. The van der Waals surface area contributed by atoms with Crippen LogP contribution < -0.4 is 10.9 Å². The fourth-order valence-corrected chi connectivity index (χ4v) is 4.58. The number of benzene rings is 1. The molecule has 0 unspecified atom stereocenters. The van der Waals surface area contributed by atoms with Gasteiger partial charge >= 0.3 is 0 Å². The maximum Gasteiger partial charge on any atom is 0.257 e. The summed E-state index contributed by atoms with van der Waals surface area (Å²) in [5.74, 6) is -0.0314. The molecule has 1 aliphatic rings. The van der Waals surface area contributed by atoms with Crippen molar-refractivity contribution in [2.75, 3.05) is 18.4 Å². The summed E-state index contributed by atoms with van der Waals surface area (Å²) in [4.78, 5) is 25.8. The summed E-state index contributed by atoms with van der Waals surface area (Å²) in [6.45, 7) is 3.13. The number of pyridine rings is 1. The number of carbonyl (C=O) groups is 1. The highest BCUT2D eigenvalue weighted by atomic mass is 32.2. The molecule has 26 heavy (non-hydrogen) atoms. The Labute approximate surface area is 152 Å². The Bertz CT molecular complexity index is 931. The molecular formula is C18H21N3O4S. The fraction of sp³-hybridized carbons (Fsp3) is 0.333. The van der Waals surface area contributed by atoms with Crippen LogP contribution in [0.15, 0.2) is 52.3 Å². The predicted octanol–water partition coefficient (Wildman–Crippen LogP) is 2.05. The number of anilines is 1. The van der Waals surface area contributed by atoms with Crippen molar-refractivity contribution in [3.05, 3.63) is 58.5 Å². The van der Waals surface area contributed by atoms with E-state index < -0.39 is 10.0 Å². The number of piperidine rings is 1. The standard InChI is InChI=1S/C18H21N3O4S/c1-13-3-2-10-21(12-13)26(24,25)16-7-5-15(6-8-16)20-18(23)14-4-9-17(22)19-11-14/h4-9,11,13H,2-3,10,12H2,1H3,(H,19,22)(H,20,23)/t13-/m1/s1. The molecule has 7 nitrogen and oxygen atoms in total. The SMILES string of the molecule is C[C@@H]1CCCN(S(=O)(=O)c2ccc(NC(=O)c3ccc(=O)[nH]c3)cc2)C1. The number of nitrogens with zero attached hydrogens (tertiary/aromatic N) is 1. The molecule has 0 radical (unpaired) electrons. The predicted molar refractivity (Wildman–Crippen MR) is 98.6 cm³/mol. The zero-order valence-electron chi connectivity index (χ0n) is 14.4. The van der Waals surface area contributed by atoms with Gasteiger partial charge in [-0.2, -0.15) is 4.31 Å². The van der Waals surface area contributed by atoms with Gasteiger partial charge in [0.1, 0.15) is 0 Å². The Morgan fingerprint density at radius 1 is 1.19 bits per heavy atom. The first-order valence-electron chi connectivity index (χ1n) is 8.46. The van der Waals surface area contributed by atoms with Crippen molar-refractivity contribution in [2.24, 2.45) is 5.92 Å². The normalized spacial score (nSPS) is 18.4. The molecule has 1 aromatic carbocycles. The highest BCUT2D eigenvalue weighted by molar-refractivity contribution is 7.89. The number of nitrogens with one attached hydrogen (secondary N) is 2. The van der Waals surface area contributed by atoms with Gasteiger partial charge in [0.05, 0.1) is 10.5 Å². The Kier molecular flexibility index (Phi) is 5.24. The Balaban J connectivity index is 1.72. The highest BCUT2D eigenvalue weighted by Crippen LogP contribution is 2.24. The zero-order valence-corrected chi connectivity index (χ0v) is 15.3. The molecule has 2 heterocycles. The van der Waals surface area contributed by atoms with Gasteiger partial charge in [0.25, 0.3) is 5.91 Å². The smallest absolute Gasteiger partial charge is 0.257 e. The number of H-pyrrole nitrogens is 1. The number of aromatic nitrogens is 1. The molecule has 0 bridgehead atoms. The molecule has 0 spiro atoms. The van der Waals surface area contributed by atoms with E-state index in [1.54, 1.807) is 12.1 Å². The fourth-order valence-electron chi connectivity index (χ4n) is 2.98. The lowest BCUT2D eigenvalue weighted by molar-refractivity contribution is 0.102. The van der Waals surface area contributed by atoms with Gasteiger partial charge in [0, 0.05) is 31.0 Å². The Morgan fingerprint density at radius 2 is 1.92 bits per heavy atom. The molecule has 0 aliphatic carbocycles. The quantitative estimate of drug-likeness (QED) is 0.854. The summed E-state index contributed by atoms with van der Waals surface area (Å²) in [6, 6.07) is 8.80. The molecule has 1 saturated heterocycles. The lowest BCUT2D eigenvalue weighted by Gasteiger charge is -2.30. The van der Waals surface area contributed by atoms with E-state index >= 15 is 0 Å². The van der Waals surface area contributed by atoms with Crippen molar-refractivity contribution in [1.29, 1.82) is 0 Å². The second-order valence-corrected chi connectivity index (χ2v) is 8.47. The average molecular weight is 375 g/mol. The molecule has 2 N–H and O–H groups in total. The van der Waals surface area contributed by atoms with Gasteiger partial charge in [0.2, 0.25) is 15.6 Å². The first-order chi connectivity index (χ1) is 12.4. The first kappa shape index (κ1) is 18.3. The maximum absolute atomic E-state index is 12.7. The minimum absolute atomic E-state index is 0.216. The minimum Gasteiger partial charge on any atom is -0.328 e. The van der Waals surface area contributed by atoms with Crippen LogP contribution in [0.4, 0.5) is 5.69 Å². The molecule has 1 atom stereocenters. The van der Waals surface area contributed by atoms with E-state index in [0.29, 0.717) is 30.3 Å². The second kappa shape index (κ2) is 7.43. The maximum atomic E-state index is 12.7. The lowest BCUT2D eigenvalue weighted by Crippen LogP contribution is -2.39. The molecule has 8 heteroatoms. The molecule has 3 rings (SSSR count). The van der Waals surface area contributed by atoms with Crippen molar-refractivity contribution < 1.29 is 13.2 Å². The van der Waals surface area contributed by atoms with Gasteiger partial charge in [-0.05, 0) is 49.1 Å². The van der Waals surface area contributed by atoms with Crippen LogP contribution in [-0.2, 0) is 10.0 Å². The van der Waals surface area contributed by atoms with Crippen LogP contribution in [0.5, 0.6) is 0 Å². The molecule has 138 valence electrons. The van der Waals surface area contributed by atoms with Crippen LogP contribution in [0.25, 0.3) is 0 Å². The topological polar surface area (TPSA) is 99.3 Å². The van der Waals surface area contributed by atoms with Crippen LogP contribution in [0, 0.1) is 5.92 Å². The summed E-state index contributed by atoms with van der Waals surface area (Å²) in [5.41, 5.74) is 0.499. The molecule has 0 saturated carbocycles.